The van der Waals surface area contributed by atoms with Crippen LogP contribution in [0.1, 0.15) is 31.1 Å². The minimum absolute atomic E-state index is 0.349. The number of nitrogens with zero attached hydrogens (tertiary/aromatic N) is 3. The molecule has 0 bridgehead atoms. The van der Waals surface area contributed by atoms with Crippen LogP contribution in [0, 0.1) is 0 Å². The zero-order valence-corrected chi connectivity index (χ0v) is 9.47. The molecule has 0 fully saturated rings. The zero-order chi connectivity index (χ0) is 11.8. The third-order valence-corrected chi connectivity index (χ3v) is 1.93. The number of hydrogen-bond donors (Lipinski definition) is 0. The molecular formula is C11H13N3O2. The first-order valence-corrected chi connectivity index (χ1v) is 4.98. The average molecular weight is 219 g/mol. The fourth-order valence-corrected chi connectivity index (χ4v) is 1.28. The van der Waals surface area contributed by atoms with E-state index < -0.39 is 5.60 Å². The van der Waals surface area contributed by atoms with Crippen LogP contribution in [0.3, 0.4) is 0 Å². The predicted octanol–water partition coefficient (Wildman–Crippen LogP) is 1.68. The number of hydrogen-bond acceptors (Lipinski definition) is 4. The van der Waals surface area contributed by atoms with Gasteiger partial charge in [-0.2, -0.15) is 0 Å². The Morgan fingerprint density at radius 2 is 2.19 bits per heavy atom. The summed E-state index contributed by atoms with van der Waals surface area (Å²) in [5.41, 5.74) is 0.621. The normalized spacial score (nSPS) is 11.7. The summed E-state index contributed by atoms with van der Waals surface area (Å²) in [4.78, 5) is 11.7. The molecule has 0 saturated heterocycles. The molecular weight excluding hydrogens is 206 g/mol. The Hall–Kier alpha value is -1.91. The molecule has 5 nitrogen and oxygen atoms in total. The quantitative estimate of drug-likeness (QED) is 0.685. The molecule has 0 atom stereocenters. The second kappa shape index (κ2) is 3.59. The molecule has 0 amide bonds. The van der Waals surface area contributed by atoms with E-state index in [-0.39, 0.29) is 5.97 Å². The zero-order valence-electron chi connectivity index (χ0n) is 9.47. The fraction of sp³-hybridized carbons (Fsp3) is 0.364. The lowest BCUT2D eigenvalue weighted by molar-refractivity contribution is 0.00695. The molecule has 0 saturated carbocycles. The van der Waals surface area contributed by atoms with Gasteiger partial charge >= 0.3 is 5.97 Å². The van der Waals surface area contributed by atoms with E-state index in [1.807, 2.05) is 20.8 Å². The van der Waals surface area contributed by atoms with Crippen molar-refractivity contribution in [2.24, 2.45) is 0 Å². The molecule has 2 heterocycles. The number of rotatable bonds is 1. The third-order valence-electron chi connectivity index (χ3n) is 1.93. The van der Waals surface area contributed by atoms with Crippen molar-refractivity contribution < 1.29 is 9.53 Å². The third kappa shape index (κ3) is 2.18. The fourth-order valence-electron chi connectivity index (χ4n) is 1.28. The Labute approximate surface area is 93.1 Å². The molecule has 0 aromatic carbocycles. The molecule has 0 N–H and O–H groups in total. The number of pyridine rings is 1. The van der Waals surface area contributed by atoms with Gasteiger partial charge in [-0.3, -0.25) is 4.40 Å². The SMILES string of the molecule is CC(C)(C)OC(=O)c1ccn2cnnc2c1. The van der Waals surface area contributed by atoms with Gasteiger partial charge in [0, 0.05) is 6.20 Å². The van der Waals surface area contributed by atoms with Crippen molar-refractivity contribution >= 4 is 11.6 Å². The molecule has 2 aromatic heterocycles. The highest BCUT2D eigenvalue weighted by atomic mass is 16.6. The Balaban J connectivity index is 2.29. The lowest BCUT2D eigenvalue weighted by Gasteiger charge is -2.19. The van der Waals surface area contributed by atoms with Gasteiger partial charge in [0.15, 0.2) is 5.65 Å². The molecule has 0 aliphatic heterocycles. The number of aromatic nitrogens is 3. The van der Waals surface area contributed by atoms with E-state index in [2.05, 4.69) is 10.2 Å². The first kappa shape index (κ1) is 10.6. The lowest BCUT2D eigenvalue weighted by Crippen LogP contribution is -2.23. The molecule has 0 aliphatic rings. The monoisotopic (exact) mass is 219 g/mol. The molecule has 0 unspecified atom stereocenters. The van der Waals surface area contributed by atoms with Gasteiger partial charge in [-0.25, -0.2) is 4.79 Å². The molecule has 0 radical (unpaired) electrons. The maximum Gasteiger partial charge on any atom is 0.338 e. The van der Waals surface area contributed by atoms with Crippen molar-refractivity contribution in [1.82, 2.24) is 14.6 Å². The van der Waals surface area contributed by atoms with Gasteiger partial charge in [-0.1, -0.05) is 0 Å². The highest BCUT2D eigenvalue weighted by Crippen LogP contribution is 2.12. The molecule has 84 valence electrons. The van der Waals surface area contributed by atoms with Crippen LogP contribution in [0.15, 0.2) is 24.7 Å². The van der Waals surface area contributed by atoms with Crippen molar-refractivity contribution in [3.8, 4) is 0 Å². The van der Waals surface area contributed by atoms with E-state index in [1.54, 1.807) is 29.1 Å². The van der Waals surface area contributed by atoms with E-state index in [0.717, 1.165) is 0 Å². The minimum Gasteiger partial charge on any atom is -0.456 e. The van der Waals surface area contributed by atoms with Gasteiger partial charge in [0.1, 0.15) is 11.9 Å². The molecule has 0 aliphatic carbocycles. The van der Waals surface area contributed by atoms with Crippen LogP contribution in [-0.4, -0.2) is 26.2 Å². The molecule has 16 heavy (non-hydrogen) atoms. The highest BCUT2D eigenvalue weighted by Gasteiger charge is 2.18. The van der Waals surface area contributed by atoms with Gasteiger partial charge in [0.05, 0.1) is 5.56 Å². The Morgan fingerprint density at radius 1 is 1.44 bits per heavy atom. The lowest BCUT2D eigenvalue weighted by atomic mass is 10.2. The van der Waals surface area contributed by atoms with Crippen LogP contribution in [0.5, 0.6) is 0 Å². The summed E-state index contributed by atoms with van der Waals surface area (Å²) < 4.78 is 6.98. The summed E-state index contributed by atoms with van der Waals surface area (Å²) in [7, 11) is 0. The van der Waals surface area contributed by atoms with Crippen LogP contribution in [-0.2, 0) is 4.74 Å². The number of ether oxygens (including phenoxy) is 1. The van der Waals surface area contributed by atoms with Crippen molar-refractivity contribution in [3.63, 3.8) is 0 Å². The summed E-state index contributed by atoms with van der Waals surface area (Å²) in [6.07, 6.45) is 3.31. The largest absolute Gasteiger partial charge is 0.456 e. The minimum atomic E-state index is -0.489. The van der Waals surface area contributed by atoms with Crippen LogP contribution in [0.4, 0.5) is 0 Å². The maximum atomic E-state index is 11.7. The van der Waals surface area contributed by atoms with E-state index in [9.17, 15) is 4.79 Å². The standard InChI is InChI=1S/C11H13N3O2/c1-11(2,3)16-10(15)8-4-5-14-7-12-13-9(14)6-8/h4-7H,1-3H3. The topological polar surface area (TPSA) is 56.5 Å². The molecule has 2 rings (SSSR count). The van der Waals surface area contributed by atoms with E-state index >= 15 is 0 Å². The Morgan fingerprint density at radius 3 is 2.88 bits per heavy atom. The summed E-state index contributed by atoms with van der Waals surface area (Å²) in [6, 6.07) is 3.34. The second-order valence-electron chi connectivity index (χ2n) is 4.51. The summed E-state index contributed by atoms with van der Waals surface area (Å²) in [6.45, 7) is 5.50. The van der Waals surface area contributed by atoms with Gasteiger partial charge < -0.3 is 4.74 Å². The van der Waals surface area contributed by atoms with Crippen molar-refractivity contribution in [1.29, 1.82) is 0 Å². The van der Waals surface area contributed by atoms with Crippen molar-refractivity contribution in [3.05, 3.63) is 30.2 Å². The number of fused-ring (bicyclic) bond motifs is 1. The average Bonchev–Trinajstić information content (AvgIpc) is 2.61. The molecule has 2 aromatic rings. The molecule has 0 spiro atoms. The summed E-state index contributed by atoms with van der Waals surface area (Å²) in [5, 5.41) is 7.60. The smallest absolute Gasteiger partial charge is 0.338 e. The first-order chi connectivity index (χ1) is 7.46. The summed E-state index contributed by atoms with van der Waals surface area (Å²) >= 11 is 0. The number of esters is 1. The maximum absolute atomic E-state index is 11.7. The summed E-state index contributed by atoms with van der Waals surface area (Å²) in [5.74, 6) is -0.349. The predicted molar refractivity (Wildman–Crippen MR) is 58.2 cm³/mol. The van der Waals surface area contributed by atoms with Crippen molar-refractivity contribution in [2.75, 3.05) is 0 Å². The number of carbonyl (C=O) groups excluding carboxylic acids is 1. The number of carbonyl (C=O) groups is 1. The Bertz CT molecular complexity index is 525. The molecule has 5 heteroatoms. The van der Waals surface area contributed by atoms with E-state index in [0.29, 0.717) is 11.2 Å². The first-order valence-electron chi connectivity index (χ1n) is 4.98. The van der Waals surface area contributed by atoms with Gasteiger partial charge in [0.2, 0.25) is 0 Å². The second-order valence-corrected chi connectivity index (χ2v) is 4.51. The van der Waals surface area contributed by atoms with E-state index in [1.165, 1.54) is 0 Å². The van der Waals surface area contributed by atoms with Crippen LogP contribution in [0.2, 0.25) is 0 Å². The van der Waals surface area contributed by atoms with Crippen LogP contribution >= 0.6 is 0 Å². The van der Waals surface area contributed by atoms with Gasteiger partial charge in [-0.15, -0.1) is 10.2 Å². The van der Waals surface area contributed by atoms with Crippen LogP contribution in [0.25, 0.3) is 5.65 Å². The van der Waals surface area contributed by atoms with Gasteiger partial charge in [-0.05, 0) is 32.9 Å². The van der Waals surface area contributed by atoms with Crippen molar-refractivity contribution in [2.45, 2.75) is 26.4 Å². The van der Waals surface area contributed by atoms with Crippen LogP contribution < -0.4 is 0 Å². The van der Waals surface area contributed by atoms with E-state index in [4.69, 9.17) is 4.74 Å². The highest BCUT2D eigenvalue weighted by molar-refractivity contribution is 5.90. The Kier molecular flexibility index (Phi) is 2.38. The van der Waals surface area contributed by atoms with Gasteiger partial charge in [0.25, 0.3) is 0 Å².